The molecular formula is C33H34N4O5S. The Labute approximate surface area is 252 Å². The number of hydrazone groups is 1. The number of nitrogens with zero attached hydrogens (tertiary/aromatic N) is 2. The molecule has 4 rings (SSSR count). The standard InChI is InChI=1S/C33H34N4O5S/c1-25(2)28-15-17-29(18-16-28)37(43(40,41)31-11-7-4-8-12-31)23-32(38)36-35-22-27-13-19-30(20-14-27)42-24-33(39)34-21-26-9-5-3-6-10-26/h3-20,22,25H,21,23-24H2,1-2H3,(H,34,39)(H,36,38)/b35-22-. The van der Waals surface area contributed by atoms with E-state index in [9.17, 15) is 18.0 Å². The number of carbonyl (C=O) groups excluding carboxylic acids is 2. The Morgan fingerprint density at radius 2 is 1.47 bits per heavy atom. The van der Waals surface area contributed by atoms with Crippen LogP contribution in [-0.2, 0) is 26.2 Å². The van der Waals surface area contributed by atoms with Gasteiger partial charge in [-0.3, -0.25) is 13.9 Å². The fraction of sp³-hybridized carbons (Fsp3) is 0.182. The summed E-state index contributed by atoms with van der Waals surface area (Å²) in [4.78, 5) is 25.0. The van der Waals surface area contributed by atoms with Crippen molar-refractivity contribution in [2.24, 2.45) is 5.10 Å². The van der Waals surface area contributed by atoms with Crippen molar-refractivity contribution in [2.75, 3.05) is 17.5 Å². The summed E-state index contributed by atoms with van der Waals surface area (Å²) < 4.78 is 33.6. The third kappa shape index (κ3) is 9.01. The van der Waals surface area contributed by atoms with Crippen LogP contribution < -0.4 is 19.8 Å². The van der Waals surface area contributed by atoms with Gasteiger partial charge in [0.1, 0.15) is 12.3 Å². The first-order valence-electron chi connectivity index (χ1n) is 13.8. The zero-order chi connectivity index (χ0) is 30.7. The van der Waals surface area contributed by atoms with Crippen LogP contribution in [0.2, 0.25) is 0 Å². The molecule has 0 atom stereocenters. The quantitative estimate of drug-likeness (QED) is 0.169. The number of hydrogen-bond donors (Lipinski definition) is 2. The maximum Gasteiger partial charge on any atom is 0.264 e. The van der Waals surface area contributed by atoms with Crippen molar-refractivity contribution in [3.63, 3.8) is 0 Å². The second kappa shape index (κ2) is 14.8. The summed E-state index contributed by atoms with van der Waals surface area (Å²) in [6, 6.07) is 31.5. The maximum absolute atomic E-state index is 13.5. The van der Waals surface area contributed by atoms with E-state index in [1.165, 1.54) is 18.3 Å². The lowest BCUT2D eigenvalue weighted by Gasteiger charge is -2.24. The lowest BCUT2D eigenvalue weighted by molar-refractivity contribution is -0.123. The van der Waals surface area contributed by atoms with Crippen molar-refractivity contribution in [1.82, 2.24) is 10.7 Å². The largest absolute Gasteiger partial charge is 0.484 e. The Balaban J connectivity index is 1.33. The van der Waals surface area contributed by atoms with Gasteiger partial charge in [0.2, 0.25) is 0 Å². The van der Waals surface area contributed by atoms with Gasteiger partial charge in [0.25, 0.3) is 21.8 Å². The molecule has 0 aliphatic heterocycles. The molecule has 222 valence electrons. The minimum atomic E-state index is -4.02. The lowest BCUT2D eigenvalue weighted by atomic mass is 10.0. The molecule has 0 radical (unpaired) electrons. The molecule has 0 saturated carbocycles. The highest BCUT2D eigenvalue weighted by atomic mass is 32.2. The summed E-state index contributed by atoms with van der Waals surface area (Å²) in [6.07, 6.45) is 1.43. The normalized spacial score (nSPS) is 11.3. The lowest BCUT2D eigenvalue weighted by Crippen LogP contribution is -2.39. The summed E-state index contributed by atoms with van der Waals surface area (Å²) in [6.45, 7) is 3.93. The van der Waals surface area contributed by atoms with Crippen LogP contribution >= 0.6 is 0 Å². The SMILES string of the molecule is CC(C)c1ccc(N(CC(=O)N/N=C\c2ccc(OCC(=O)NCc3ccccc3)cc2)S(=O)(=O)c2ccccc2)cc1. The molecule has 0 aliphatic carbocycles. The summed E-state index contributed by atoms with van der Waals surface area (Å²) in [5, 5.41) is 6.79. The summed E-state index contributed by atoms with van der Waals surface area (Å²) in [5.74, 6) is -0.0706. The Hall–Kier alpha value is -4.96. The first kappa shape index (κ1) is 31.0. The predicted octanol–water partition coefficient (Wildman–Crippen LogP) is 4.85. The van der Waals surface area contributed by atoms with E-state index in [0.29, 0.717) is 23.5 Å². The van der Waals surface area contributed by atoms with Crippen molar-refractivity contribution in [3.05, 3.63) is 126 Å². The van der Waals surface area contributed by atoms with Crippen LogP contribution in [0.5, 0.6) is 5.75 Å². The third-order valence-electron chi connectivity index (χ3n) is 6.45. The van der Waals surface area contributed by atoms with Crippen molar-refractivity contribution in [3.8, 4) is 5.75 Å². The van der Waals surface area contributed by atoms with Crippen molar-refractivity contribution in [2.45, 2.75) is 31.2 Å². The first-order valence-corrected chi connectivity index (χ1v) is 15.2. The van der Waals surface area contributed by atoms with Crippen LogP contribution in [-0.4, -0.2) is 39.6 Å². The second-order valence-electron chi connectivity index (χ2n) is 9.98. The molecule has 2 amide bonds. The minimum absolute atomic E-state index is 0.0789. The summed E-state index contributed by atoms with van der Waals surface area (Å²) >= 11 is 0. The number of nitrogens with one attached hydrogen (secondary N) is 2. The van der Waals surface area contributed by atoms with E-state index in [-0.39, 0.29) is 23.3 Å². The van der Waals surface area contributed by atoms with Gasteiger partial charge in [0.05, 0.1) is 16.8 Å². The molecular weight excluding hydrogens is 564 g/mol. The molecule has 10 heteroatoms. The molecule has 2 N–H and O–H groups in total. The number of anilines is 1. The molecule has 43 heavy (non-hydrogen) atoms. The highest BCUT2D eigenvalue weighted by Crippen LogP contribution is 2.25. The number of hydrogen-bond acceptors (Lipinski definition) is 6. The summed E-state index contributed by atoms with van der Waals surface area (Å²) in [7, 11) is -4.02. The van der Waals surface area contributed by atoms with E-state index < -0.39 is 22.5 Å². The van der Waals surface area contributed by atoms with E-state index in [4.69, 9.17) is 4.74 Å². The van der Waals surface area contributed by atoms with Crippen molar-refractivity contribution in [1.29, 1.82) is 0 Å². The van der Waals surface area contributed by atoms with E-state index >= 15 is 0 Å². The molecule has 9 nitrogen and oxygen atoms in total. The second-order valence-corrected chi connectivity index (χ2v) is 11.8. The van der Waals surface area contributed by atoms with Gasteiger partial charge in [-0.1, -0.05) is 74.5 Å². The molecule has 0 spiro atoms. The monoisotopic (exact) mass is 598 g/mol. The Morgan fingerprint density at radius 3 is 2.09 bits per heavy atom. The molecule has 0 aliphatic rings. The van der Waals surface area contributed by atoms with E-state index in [1.807, 2.05) is 56.3 Å². The van der Waals surface area contributed by atoms with Crippen LogP contribution in [0.3, 0.4) is 0 Å². The van der Waals surface area contributed by atoms with Crippen LogP contribution in [0.15, 0.2) is 119 Å². The smallest absolute Gasteiger partial charge is 0.264 e. The number of ether oxygens (including phenoxy) is 1. The van der Waals surface area contributed by atoms with Gasteiger partial charge < -0.3 is 10.1 Å². The fourth-order valence-electron chi connectivity index (χ4n) is 4.05. The van der Waals surface area contributed by atoms with Crippen LogP contribution in [0, 0.1) is 0 Å². The van der Waals surface area contributed by atoms with Gasteiger partial charge in [0, 0.05) is 6.54 Å². The molecule has 0 heterocycles. The van der Waals surface area contributed by atoms with Gasteiger partial charge in [-0.2, -0.15) is 5.10 Å². The number of benzene rings is 4. The fourth-order valence-corrected chi connectivity index (χ4v) is 5.49. The molecule has 0 saturated heterocycles. The first-order chi connectivity index (χ1) is 20.7. The number of amides is 2. The molecule has 0 fully saturated rings. The summed E-state index contributed by atoms with van der Waals surface area (Å²) in [5.41, 5.74) is 5.50. The van der Waals surface area contributed by atoms with Crippen LogP contribution in [0.4, 0.5) is 5.69 Å². The van der Waals surface area contributed by atoms with Gasteiger partial charge in [-0.05, 0) is 71.1 Å². The topological polar surface area (TPSA) is 117 Å². The highest BCUT2D eigenvalue weighted by molar-refractivity contribution is 7.92. The zero-order valence-corrected chi connectivity index (χ0v) is 24.8. The van der Waals surface area contributed by atoms with Gasteiger partial charge >= 0.3 is 0 Å². The van der Waals surface area contributed by atoms with Gasteiger partial charge in [0.15, 0.2) is 6.61 Å². The van der Waals surface area contributed by atoms with E-state index in [0.717, 1.165) is 15.4 Å². The zero-order valence-electron chi connectivity index (χ0n) is 24.0. The Kier molecular flexibility index (Phi) is 10.7. The number of rotatable bonds is 13. The molecule has 0 unspecified atom stereocenters. The van der Waals surface area contributed by atoms with Crippen molar-refractivity contribution < 1.29 is 22.7 Å². The average Bonchev–Trinajstić information content (AvgIpc) is 3.03. The molecule has 0 aromatic heterocycles. The predicted molar refractivity (Wildman–Crippen MR) is 167 cm³/mol. The van der Waals surface area contributed by atoms with Gasteiger partial charge in [-0.25, -0.2) is 13.8 Å². The minimum Gasteiger partial charge on any atom is -0.484 e. The molecule has 4 aromatic rings. The van der Waals surface area contributed by atoms with Crippen LogP contribution in [0.1, 0.15) is 36.5 Å². The number of carbonyl (C=O) groups is 2. The van der Waals surface area contributed by atoms with E-state index in [2.05, 4.69) is 15.8 Å². The molecule has 4 aromatic carbocycles. The van der Waals surface area contributed by atoms with E-state index in [1.54, 1.807) is 54.6 Å². The highest BCUT2D eigenvalue weighted by Gasteiger charge is 2.27. The van der Waals surface area contributed by atoms with Crippen LogP contribution in [0.25, 0.3) is 0 Å². The average molecular weight is 599 g/mol. The Bertz CT molecular complexity index is 1620. The maximum atomic E-state index is 13.5. The van der Waals surface area contributed by atoms with Crippen molar-refractivity contribution >= 4 is 33.7 Å². The number of sulfonamides is 1. The Morgan fingerprint density at radius 1 is 0.837 bits per heavy atom. The van der Waals surface area contributed by atoms with Gasteiger partial charge in [-0.15, -0.1) is 0 Å². The molecule has 0 bridgehead atoms. The third-order valence-corrected chi connectivity index (χ3v) is 8.24.